The summed E-state index contributed by atoms with van der Waals surface area (Å²) in [6.45, 7) is 2.60. The molecule has 1 amide bonds. The van der Waals surface area contributed by atoms with E-state index in [1.807, 2.05) is 84.8 Å². The van der Waals surface area contributed by atoms with Crippen molar-refractivity contribution in [1.29, 1.82) is 0 Å². The van der Waals surface area contributed by atoms with Crippen LogP contribution in [-0.4, -0.2) is 27.6 Å². The average Bonchev–Trinajstić information content (AvgIpc) is 3.12. The highest BCUT2D eigenvalue weighted by Gasteiger charge is 2.22. The quantitative estimate of drug-likeness (QED) is 0.683. The number of likely N-dealkylation sites (N-methyl/N-ethyl adjacent to an activating group) is 1. The van der Waals surface area contributed by atoms with Gasteiger partial charge in [-0.3, -0.25) is 4.79 Å². The van der Waals surface area contributed by atoms with E-state index < -0.39 is 0 Å². The van der Waals surface area contributed by atoms with E-state index in [4.69, 9.17) is 0 Å². The molecule has 1 atom stereocenters. The fourth-order valence-corrected chi connectivity index (χ4v) is 3.02. The Balaban J connectivity index is 1.70. The van der Waals surface area contributed by atoms with Gasteiger partial charge in [0.25, 0.3) is 0 Å². The SMILES string of the molecule is CCC(C(=O)N(C)Cc1cnn(-c2ccccc2)c1)c1ccccc1. The Morgan fingerprint density at radius 3 is 2.36 bits per heavy atom. The van der Waals surface area contributed by atoms with Crippen molar-refractivity contribution >= 4 is 5.91 Å². The summed E-state index contributed by atoms with van der Waals surface area (Å²) in [6, 6.07) is 19.9. The molecule has 0 saturated heterocycles. The van der Waals surface area contributed by atoms with Gasteiger partial charge in [-0.15, -0.1) is 0 Å². The first-order valence-electron chi connectivity index (χ1n) is 8.58. The molecule has 0 aliphatic carbocycles. The van der Waals surface area contributed by atoms with Crippen molar-refractivity contribution < 1.29 is 4.79 Å². The molecule has 4 heteroatoms. The number of hydrogen-bond donors (Lipinski definition) is 0. The summed E-state index contributed by atoms with van der Waals surface area (Å²) in [5, 5.41) is 4.40. The molecule has 1 aromatic heterocycles. The largest absolute Gasteiger partial charge is 0.341 e. The van der Waals surface area contributed by atoms with Crippen LogP contribution in [0.15, 0.2) is 73.1 Å². The fourth-order valence-electron chi connectivity index (χ4n) is 3.02. The van der Waals surface area contributed by atoms with Crippen molar-refractivity contribution in [3.8, 4) is 5.69 Å². The highest BCUT2D eigenvalue weighted by molar-refractivity contribution is 5.83. The molecule has 0 saturated carbocycles. The minimum atomic E-state index is -0.102. The van der Waals surface area contributed by atoms with Gasteiger partial charge in [-0.1, -0.05) is 55.5 Å². The molecule has 3 rings (SSSR count). The molecule has 0 N–H and O–H groups in total. The molecule has 128 valence electrons. The summed E-state index contributed by atoms with van der Waals surface area (Å²) >= 11 is 0. The van der Waals surface area contributed by atoms with E-state index in [0.29, 0.717) is 6.54 Å². The smallest absolute Gasteiger partial charge is 0.230 e. The highest BCUT2D eigenvalue weighted by atomic mass is 16.2. The highest BCUT2D eigenvalue weighted by Crippen LogP contribution is 2.22. The number of aromatic nitrogens is 2. The number of carbonyl (C=O) groups is 1. The van der Waals surface area contributed by atoms with Crippen LogP contribution in [-0.2, 0) is 11.3 Å². The molecule has 1 heterocycles. The van der Waals surface area contributed by atoms with Crippen molar-refractivity contribution in [2.45, 2.75) is 25.8 Å². The maximum absolute atomic E-state index is 12.9. The Bertz CT molecular complexity index is 811. The maximum atomic E-state index is 12.9. The number of hydrogen-bond acceptors (Lipinski definition) is 2. The number of para-hydroxylation sites is 1. The fraction of sp³-hybridized carbons (Fsp3) is 0.238. The molecule has 1 unspecified atom stereocenters. The predicted molar refractivity (Wildman–Crippen MR) is 99.5 cm³/mol. The molecule has 0 radical (unpaired) electrons. The molecular weight excluding hydrogens is 310 g/mol. The zero-order chi connectivity index (χ0) is 17.6. The number of rotatable bonds is 6. The molecule has 0 bridgehead atoms. The number of nitrogens with zero attached hydrogens (tertiary/aromatic N) is 3. The van der Waals surface area contributed by atoms with Crippen LogP contribution in [0.2, 0.25) is 0 Å². The van der Waals surface area contributed by atoms with Crippen molar-refractivity contribution in [1.82, 2.24) is 14.7 Å². The lowest BCUT2D eigenvalue weighted by molar-refractivity contribution is -0.132. The van der Waals surface area contributed by atoms with E-state index in [0.717, 1.165) is 23.2 Å². The van der Waals surface area contributed by atoms with E-state index in [2.05, 4.69) is 12.0 Å². The zero-order valence-corrected chi connectivity index (χ0v) is 14.7. The average molecular weight is 333 g/mol. The first-order chi connectivity index (χ1) is 12.2. The van der Waals surface area contributed by atoms with Gasteiger partial charge < -0.3 is 4.90 Å². The van der Waals surface area contributed by atoms with Gasteiger partial charge in [-0.05, 0) is 24.1 Å². The summed E-state index contributed by atoms with van der Waals surface area (Å²) in [5.41, 5.74) is 3.10. The van der Waals surface area contributed by atoms with E-state index in [1.54, 1.807) is 4.90 Å². The van der Waals surface area contributed by atoms with Crippen LogP contribution in [0.5, 0.6) is 0 Å². The normalized spacial score (nSPS) is 11.9. The predicted octanol–water partition coefficient (Wildman–Crippen LogP) is 4.02. The summed E-state index contributed by atoms with van der Waals surface area (Å²) in [6.07, 6.45) is 4.58. The van der Waals surface area contributed by atoms with Gasteiger partial charge in [-0.2, -0.15) is 5.10 Å². The molecule has 25 heavy (non-hydrogen) atoms. The van der Waals surface area contributed by atoms with Crippen LogP contribution in [0.3, 0.4) is 0 Å². The lowest BCUT2D eigenvalue weighted by atomic mass is 9.95. The second-order valence-corrected chi connectivity index (χ2v) is 6.19. The molecule has 2 aromatic carbocycles. The number of carbonyl (C=O) groups excluding carboxylic acids is 1. The van der Waals surface area contributed by atoms with E-state index in [-0.39, 0.29) is 11.8 Å². The van der Waals surface area contributed by atoms with Crippen LogP contribution in [0.1, 0.15) is 30.4 Å². The van der Waals surface area contributed by atoms with Crippen LogP contribution in [0.25, 0.3) is 5.69 Å². The van der Waals surface area contributed by atoms with Crippen molar-refractivity contribution in [2.24, 2.45) is 0 Å². The third-order valence-corrected chi connectivity index (χ3v) is 4.36. The van der Waals surface area contributed by atoms with Crippen LogP contribution in [0.4, 0.5) is 0 Å². The minimum Gasteiger partial charge on any atom is -0.341 e. The second kappa shape index (κ2) is 7.79. The summed E-state index contributed by atoms with van der Waals surface area (Å²) in [7, 11) is 1.85. The van der Waals surface area contributed by atoms with Gasteiger partial charge in [0.05, 0.1) is 17.8 Å². The van der Waals surface area contributed by atoms with E-state index in [1.165, 1.54) is 0 Å². The van der Waals surface area contributed by atoms with Crippen molar-refractivity contribution in [3.63, 3.8) is 0 Å². The second-order valence-electron chi connectivity index (χ2n) is 6.19. The van der Waals surface area contributed by atoms with Gasteiger partial charge >= 0.3 is 0 Å². The monoisotopic (exact) mass is 333 g/mol. The zero-order valence-electron chi connectivity index (χ0n) is 14.7. The van der Waals surface area contributed by atoms with E-state index in [9.17, 15) is 4.79 Å². The van der Waals surface area contributed by atoms with Gasteiger partial charge in [-0.25, -0.2) is 4.68 Å². The Morgan fingerprint density at radius 2 is 1.72 bits per heavy atom. The lowest BCUT2D eigenvalue weighted by Gasteiger charge is -2.23. The van der Waals surface area contributed by atoms with Gasteiger partial charge in [0, 0.05) is 25.4 Å². The summed E-state index contributed by atoms with van der Waals surface area (Å²) in [4.78, 5) is 14.6. The molecule has 0 aliphatic rings. The number of amides is 1. The van der Waals surface area contributed by atoms with Gasteiger partial charge in [0.2, 0.25) is 5.91 Å². The van der Waals surface area contributed by atoms with Gasteiger partial charge in [0.1, 0.15) is 0 Å². The lowest BCUT2D eigenvalue weighted by Crippen LogP contribution is -2.31. The molecule has 0 spiro atoms. The molecule has 0 fully saturated rings. The Labute approximate surface area is 148 Å². The molecular formula is C21H23N3O. The third-order valence-electron chi connectivity index (χ3n) is 4.36. The van der Waals surface area contributed by atoms with E-state index >= 15 is 0 Å². The Kier molecular flexibility index (Phi) is 5.29. The summed E-state index contributed by atoms with van der Waals surface area (Å²) in [5.74, 6) is 0.0385. The maximum Gasteiger partial charge on any atom is 0.230 e. The minimum absolute atomic E-state index is 0.102. The van der Waals surface area contributed by atoms with Crippen molar-refractivity contribution in [2.75, 3.05) is 7.05 Å². The summed E-state index contributed by atoms with van der Waals surface area (Å²) < 4.78 is 1.84. The molecule has 4 nitrogen and oxygen atoms in total. The standard InChI is InChI=1S/C21H23N3O/c1-3-20(18-10-6-4-7-11-18)21(25)23(2)15-17-14-22-24(16-17)19-12-8-5-9-13-19/h4-14,16,20H,3,15H2,1-2H3. The Hall–Kier alpha value is -2.88. The number of benzene rings is 2. The first-order valence-corrected chi connectivity index (χ1v) is 8.58. The first kappa shape index (κ1) is 17.0. The van der Waals surface area contributed by atoms with Gasteiger partial charge in [0.15, 0.2) is 0 Å². The third kappa shape index (κ3) is 3.97. The molecule has 3 aromatic rings. The van der Waals surface area contributed by atoms with Crippen LogP contribution >= 0.6 is 0 Å². The Morgan fingerprint density at radius 1 is 1.08 bits per heavy atom. The van der Waals surface area contributed by atoms with Crippen molar-refractivity contribution in [3.05, 3.63) is 84.2 Å². The van der Waals surface area contributed by atoms with Crippen LogP contribution in [0, 0.1) is 0 Å². The van der Waals surface area contributed by atoms with Crippen LogP contribution < -0.4 is 0 Å². The topological polar surface area (TPSA) is 38.1 Å². The molecule has 0 aliphatic heterocycles.